The van der Waals surface area contributed by atoms with Gasteiger partial charge < -0.3 is 0 Å². The van der Waals surface area contributed by atoms with E-state index in [2.05, 4.69) is 170 Å². The lowest BCUT2D eigenvalue weighted by Crippen LogP contribution is -2.25. The maximum absolute atomic E-state index is 2.57. The second-order valence-corrected chi connectivity index (χ2v) is 13.1. The van der Waals surface area contributed by atoms with E-state index in [1.807, 2.05) is 0 Å². The largest absolute Gasteiger partial charge is 0.0725 e. The van der Waals surface area contributed by atoms with Crippen molar-refractivity contribution in [2.75, 3.05) is 0 Å². The van der Waals surface area contributed by atoms with Crippen molar-refractivity contribution >= 4 is 10.8 Å². The van der Waals surface area contributed by atoms with E-state index in [0.29, 0.717) is 0 Å². The Hall–Kier alpha value is -5.98. The van der Waals surface area contributed by atoms with Crippen molar-refractivity contribution in [2.45, 2.75) is 5.41 Å². The van der Waals surface area contributed by atoms with Gasteiger partial charge >= 0.3 is 0 Å². The van der Waals surface area contributed by atoms with Crippen LogP contribution in [0.3, 0.4) is 0 Å². The zero-order valence-electron chi connectivity index (χ0n) is 25.7. The fourth-order valence-electron chi connectivity index (χ4n) is 9.35. The van der Waals surface area contributed by atoms with Gasteiger partial charge in [-0.3, -0.25) is 0 Å². The van der Waals surface area contributed by atoms with E-state index in [4.69, 9.17) is 0 Å². The molecule has 11 rings (SSSR count). The molecule has 8 aromatic rings. The molecule has 0 fully saturated rings. The lowest BCUT2D eigenvalue weighted by atomic mass is 9.70. The lowest BCUT2D eigenvalue weighted by molar-refractivity contribution is 0.795. The maximum atomic E-state index is 2.57. The van der Waals surface area contributed by atoms with Crippen molar-refractivity contribution < 1.29 is 0 Å². The quantitative estimate of drug-likeness (QED) is 0.187. The SMILES string of the molecule is c1ccc(-c2ccc3c(c2-c2ccccc2)-c2cccc4c5c(cc-3c24)C2(c3ccccc3-c3ccccc32)c2ccccc2-5)cc1. The fourth-order valence-corrected chi connectivity index (χ4v) is 9.35. The highest BCUT2D eigenvalue weighted by Gasteiger charge is 2.52. The molecular weight excluding hydrogens is 565 g/mol. The number of hydrogen-bond acceptors (Lipinski definition) is 0. The molecule has 0 bridgehead atoms. The van der Waals surface area contributed by atoms with Gasteiger partial charge in [0.1, 0.15) is 0 Å². The van der Waals surface area contributed by atoms with Crippen LogP contribution in [0.5, 0.6) is 0 Å². The van der Waals surface area contributed by atoms with E-state index in [1.54, 1.807) is 0 Å². The molecule has 0 saturated heterocycles. The Balaban J connectivity index is 1.30. The van der Waals surface area contributed by atoms with Crippen molar-refractivity contribution in [3.05, 3.63) is 192 Å². The summed E-state index contributed by atoms with van der Waals surface area (Å²) in [6, 6.07) is 63.5. The molecule has 47 heavy (non-hydrogen) atoms. The first kappa shape index (κ1) is 25.2. The third-order valence-electron chi connectivity index (χ3n) is 11.0. The zero-order valence-corrected chi connectivity index (χ0v) is 25.7. The minimum absolute atomic E-state index is 0.366. The average Bonchev–Trinajstić information content (AvgIpc) is 3.75. The molecular formula is C47H28. The van der Waals surface area contributed by atoms with E-state index >= 15 is 0 Å². The van der Waals surface area contributed by atoms with Crippen LogP contribution in [0.15, 0.2) is 170 Å². The topological polar surface area (TPSA) is 0 Å². The molecule has 1 spiro atoms. The summed E-state index contributed by atoms with van der Waals surface area (Å²) in [5.74, 6) is 0. The van der Waals surface area contributed by atoms with E-state index in [9.17, 15) is 0 Å². The molecule has 0 heteroatoms. The van der Waals surface area contributed by atoms with Crippen LogP contribution in [0, 0.1) is 0 Å². The molecule has 0 aliphatic heterocycles. The van der Waals surface area contributed by atoms with Crippen LogP contribution in [0.25, 0.3) is 77.5 Å². The van der Waals surface area contributed by atoms with E-state index in [1.165, 1.54) is 99.8 Å². The van der Waals surface area contributed by atoms with Gasteiger partial charge in [-0.1, -0.05) is 164 Å². The van der Waals surface area contributed by atoms with Crippen LogP contribution < -0.4 is 0 Å². The summed E-state index contributed by atoms with van der Waals surface area (Å²) in [5, 5.41) is 2.72. The highest BCUT2D eigenvalue weighted by molar-refractivity contribution is 6.24. The van der Waals surface area contributed by atoms with Crippen LogP contribution in [-0.4, -0.2) is 0 Å². The summed E-state index contributed by atoms with van der Waals surface area (Å²) >= 11 is 0. The Labute approximate surface area is 274 Å². The van der Waals surface area contributed by atoms with Gasteiger partial charge in [-0.15, -0.1) is 0 Å². The van der Waals surface area contributed by atoms with Crippen molar-refractivity contribution in [3.8, 4) is 66.8 Å². The summed E-state index contributed by atoms with van der Waals surface area (Å²) in [5.41, 5.74) is 21.0. The highest BCUT2D eigenvalue weighted by Crippen LogP contribution is 2.66. The Morgan fingerprint density at radius 1 is 0.277 bits per heavy atom. The van der Waals surface area contributed by atoms with Gasteiger partial charge in [0.2, 0.25) is 0 Å². The van der Waals surface area contributed by atoms with Crippen LogP contribution in [0.2, 0.25) is 0 Å². The third-order valence-corrected chi connectivity index (χ3v) is 11.0. The molecule has 0 nitrogen and oxygen atoms in total. The average molecular weight is 593 g/mol. The van der Waals surface area contributed by atoms with Gasteiger partial charge in [0, 0.05) is 0 Å². The van der Waals surface area contributed by atoms with Gasteiger partial charge in [-0.2, -0.15) is 0 Å². The first-order valence-electron chi connectivity index (χ1n) is 16.5. The predicted molar refractivity (Wildman–Crippen MR) is 196 cm³/mol. The second kappa shape index (κ2) is 9.06. The highest BCUT2D eigenvalue weighted by atomic mass is 14.5. The number of hydrogen-bond donors (Lipinski definition) is 0. The Kier molecular flexibility index (Phi) is 4.86. The summed E-state index contributed by atoms with van der Waals surface area (Å²) in [4.78, 5) is 0. The summed E-state index contributed by atoms with van der Waals surface area (Å²) in [6.07, 6.45) is 0. The van der Waals surface area contributed by atoms with Crippen molar-refractivity contribution in [1.82, 2.24) is 0 Å². The van der Waals surface area contributed by atoms with Gasteiger partial charge in [0.05, 0.1) is 5.41 Å². The number of rotatable bonds is 2. The van der Waals surface area contributed by atoms with Crippen molar-refractivity contribution in [3.63, 3.8) is 0 Å². The molecule has 8 aromatic carbocycles. The van der Waals surface area contributed by atoms with Crippen LogP contribution in [0.1, 0.15) is 22.3 Å². The summed E-state index contributed by atoms with van der Waals surface area (Å²) < 4.78 is 0. The first-order valence-corrected chi connectivity index (χ1v) is 16.5. The number of benzene rings is 8. The van der Waals surface area contributed by atoms with E-state index in [-0.39, 0.29) is 5.41 Å². The van der Waals surface area contributed by atoms with Crippen LogP contribution in [0.4, 0.5) is 0 Å². The minimum Gasteiger partial charge on any atom is -0.0622 e. The molecule has 0 N–H and O–H groups in total. The molecule has 0 heterocycles. The Morgan fingerprint density at radius 2 is 0.809 bits per heavy atom. The van der Waals surface area contributed by atoms with Crippen LogP contribution >= 0.6 is 0 Å². The minimum atomic E-state index is -0.366. The maximum Gasteiger partial charge on any atom is 0.0725 e. The van der Waals surface area contributed by atoms with Gasteiger partial charge in [-0.25, -0.2) is 0 Å². The molecule has 0 radical (unpaired) electrons. The normalized spacial score (nSPS) is 13.7. The molecule has 216 valence electrons. The van der Waals surface area contributed by atoms with Gasteiger partial charge in [0.15, 0.2) is 0 Å². The lowest BCUT2D eigenvalue weighted by Gasteiger charge is -2.30. The molecule has 0 saturated carbocycles. The number of fused-ring (bicyclic) bond motifs is 14. The molecule has 3 aliphatic carbocycles. The van der Waals surface area contributed by atoms with E-state index < -0.39 is 0 Å². The fraction of sp³-hybridized carbons (Fsp3) is 0.0213. The Morgan fingerprint density at radius 3 is 1.49 bits per heavy atom. The van der Waals surface area contributed by atoms with E-state index in [0.717, 1.165) is 0 Å². The first-order chi connectivity index (χ1) is 23.4. The zero-order chi connectivity index (χ0) is 30.7. The van der Waals surface area contributed by atoms with Crippen molar-refractivity contribution in [1.29, 1.82) is 0 Å². The van der Waals surface area contributed by atoms with Crippen LogP contribution in [-0.2, 0) is 5.41 Å². The standard InChI is InChI=1S/C47H28/c1-3-14-29(15-4-1)31-26-27-34-38-28-42-45(36-21-13-22-37(44(36)38)46(34)43(31)30-16-5-2-6-17-30)35-20-9-12-25-41(35)47(42)39-23-10-7-18-32(39)33-19-8-11-24-40(33)47/h1-28H. The smallest absolute Gasteiger partial charge is 0.0622 e. The molecule has 0 unspecified atom stereocenters. The molecule has 0 amide bonds. The predicted octanol–water partition coefficient (Wildman–Crippen LogP) is 12.2. The Bertz CT molecular complexity index is 2560. The molecule has 0 aromatic heterocycles. The van der Waals surface area contributed by atoms with Gasteiger partial charge in [0.25, 0.3) is 0 Å². The monoisotopic (exact) mass is 592 g/mol. The van der Waals surface area contributed by atoms with Crippen molar-refractivity contribution in [2.24, 2.45) is 0 Å². The summed E-state index contributed by atoms with van der Waals surface area (Å²) in [6.45, 7) is 0. The second-order valence-electron chi connectivity index (χ2n) is 13.1. The molecule has 0 atom stereocenters. The summed E-state index contributed by atoms with van der Waals surface area (Å²) in [7, 11) is 0. The van der Waals surface area contributed by atoms with Gasteiger partial charge in [-0.05, 0) is 106 Å². The third kappa shape index (κ3) is 3.04. The molecule has 3 aliphatic rings.